The standard InChI is InChI=1S/C16H26N2O2/c1-12-15(19)17-11-7-6-10-14(17)16(20)18(12)13-8-4-2-3-5-9-13/h12-14H,2-11H2,1H3. The summed E-state index contributed by atoms with van der Waals surface area (Å²) in [6, 6.07) is -0.108. The number of piperazine rings is 1. The van der Waals surface area contributed by atoms with E-state index in [-0.39, 0.29) is 23.9 Å². The summed E-state index contributed by atoms with van der Waals surface area (Å²) in [6.45, 7) is 2.70. The van der Waals surface area contributed by atoms with Gasteiger partial charge in [-0.25, -0.2) is 0 Å². The fourth-order valence-electron chi connectivity index (χ4n) is 4.21. The Bertz CT molecular complexity index is 388. The van der Waals surface area contributed by atoms with Gasteiger partial charge in [-0.2, -0.15) is 0 Å². The van der Waals surface area contributed by atoms with Crippen LogP contribution in [0.15, 0.2) is 0 Å². The molecule has 2 saturated heterocycles. The Balaban J connectivity index is 1.82. The van der Waals surface area contributed by atoms with Crippen molar-refractivity contribution in [1.29, 1.82) is 0 Å². The molecule has 1 aliphatic carbocycles. The molecule has 2 atom stereocenters. The minimum absolute atomic E-state index is 0.157. The van der Waals surface area contributed by atoms with Gasteiger partial charge in [-0.3, -0.25) is 9.59 Å². The number of rotatable bonds is 1. The molecular formula is C16H26N2O2. The Labute approximate surface area is 121 Å². The molecule has 1 saturated carbocycles. The van der Waals surface area contributed by atoms with Gasteiger partial charge in [-0.15, -0.1) is 0 Å². The second kappa shape index (κ2) is 5.74. The van der Waals surface area contributed by atoms with Crippen molar-refractivity contribution in [3.05, 3.63) is 0 Å². The zero-order valence-corrected chi connectivity index (χ0v) is 12.5. The summed E-state index contributed by atoms with van der Waals surface area (Å²) in [5, 5.41) is 0. The zero-order chi connectivity index (χ0) is 14.1. The predicted octanol–water partition coefficient (Wildman–Crippen LogP) is 2.32. The maximum absolute atomic E-state index is 12.9. The predicted molar refractivity (Wildman–Crippen MR) is 77.2 cm³/mol. The van der Waals surface area contributed by atoms with Gasteiger partial charge in [-0.05, 0) is 39.0 Å². The minimum atomic E-state index is -0.250. The van der Waals surface area contributed by atoms with Crippen LogP contribution in [0.3, 0.4) is 0 Å². The van der Waals surface area contributed by atoms with E-state index in [9.17, 15) is 9.59 Å². The molecule has 2 unspecified atom stereocenters. The molecule has 20 heavy (non-hydrogen) atoms. The molecule has 0 bridgehead atoms. The van der Waals surface area contributed by atoms with E-state index >= 15 is 0 Å². The average Bonchev–Trinajstić information content (AvgIpc) is 2.74. The third-order valence-electron chi connectivity index (χ3n) is 5.32. The van der Waals surface area contributed by atoms with E-state index in [1.807, 2.05) is 16.7 Å². The first-order chi connectivity index (χ1) is 9.70. The summed E-state index contributed by atoms with van der Waals surface area (Å²) in [5.74, 6) is 0.405. The summed E-state index contributed by atoms with van der Waals surface area (Å²) < 4.78 is 0. The van der Waals surface area contributed by atoms with Gasteiger partial charge in [0.25, 0.3) is 0 Å². The van der Waals surface area contributed by atoms with Gasteiger partial charge < -0.3 is 9.80 Å². The Morgan fingerprint density at radius 3 is 2.20 bits per heavy atom. The molecule has 2 aliphatic heterocycles. The van der Waals surface area contributed by atoms with Crippen LogP contribution < -0.4 is 0 Å². The Kier molecular flexibility index (Phi) is 3.99. The molecule has 2 amide bonds. The van der Waals surface area contributed by atoms with Gasteiger partial charge in [-0.1, -0.05) is 25.7 Å². The number of fused-ring (bicyclic) bond motifs is 1. The fourth-order valence-corrected chi connectivity index (χ4v) is 4.21. The molecule has 112 valence electrons. The first-order valence-electron chi connectivity index (χ1n) is 8.33. The fraction of sp³-hybridized carbons (Fsp3) is 0.875. The highest BCUT2D eigenvalue weighted by Gasteiger charge is 2.46. The van der Waals surface area contributed by atoms with Crippen LogP contribution in [0, 0.1) is 0 Å². The van der Waals surface area contributed by atoms with Crippen LogP contribution in [-0.2, 0) is 9.59 Å². The number of piperidine rings is 1. The number of hydrogen-bond donors (Lipinski definition) is 0. The molecule has 0 N–H and O–H groups in total. The highest BCUT2D eigenvalue weighted by atomic mass is 16.2. The molecule has 3 rings (SSSR count). The lowest BCUT2D eigenvalue weighted by Gasteiger charge is -2.48. The number of amides is 2. The number of carbonyl (C=O) groups excluding carboxylic acids is 2. The lowest BCUT2D eigenvalue weighted by molar-refractivity contribution is -0.166. The third kappa shape index (κ3) is 2.33. The van der Waals surface area contributed by atoms with Crippen LogP contribution in [0.1, 0.15) is 64.7 Å². The van der Waals surface area contributed by atoms with Crippen LogP contribution >= 0.6 is 0 Å². The monoisotopic (exact) mass is 278 g/mol. The smallest absolute Gasteiger partial charge is 0.246 e. The zero-order valence-electron chi connectivity index (χ0n) is 12.5. The highest BCUT2D eigenvalue weighted by molar-refractivity contribution is 5.97. The van der Waals surface area contributed by atoms with Gasteiger partial charge in [0, 0.05) is 12.6 Å². The van der Waals surface area contributed by atoms with Crippen molar-refractivity contribution in [2.75, 3.05) is 6.54 Å². The largest absolute Gasteiger partial charge is 0.329 e. The van der Waals surface area contributed by atoms with Crippen LogP contribution in [0.4, 0.5) is 0 Å². The van der Waals surface area contributed by atoms with Crippen molar-refractivity contribution < 1.29 is 9.59 Å². The van der Waals surface area contributed by atoms with Gasteiger partial charge in [0.05, 0.1) is 0 Å². The average molecular weight is 278 g/mol. The Morgan fingerprint density at radius 1 is 0.850 bits per heavy atom. The second-order valence-electron chi connectivity index (χ2n) is 6.61. The molecular weight excluding hydrogens is 252 g/mol. The molecule has 0 radical (unpaired) electrons. The van der Waals surface area contributed by atoms with E-state index in [0.29, 0.717) is 6.04 Å². The molecule has 0 aromatic rings. The third-order valence-corrected chi connectivity index (χ3v) is 5.32. The molecule has 2 heterocycles. The lowest BCUT2D eigenvalue weighted by Crippen LogP contribution is -2.66. The summed E-state index contributed by atoms with van der Waals surface area (Å²) in [7, 11) is 0. The normalized spacial score (nSPS) is 33.0. The van der Waals surface area contributed by atoms with Crippen molar-refractivity contribution >= 4 is 11.8 Å². The first kappa shape index (κ1) is 13.9. The number of carbonyl (C=O) groups is 2. The van der Waals surface area contributed by atoms with Crippen LogP contribution in [0.25, 0.3) is 0 Å². The lowest BCUT2D eigenvalue weighted by atomic mass is 9.93. The molecule has 4 nitrogen and oxygen atoms in total. The summed E-state index contributed by atoms with van der Waals surface area (Å²) in [6.07, 6.45) is 10.1. The highest BCUT2D eigenvalue weighted by Crippen LogP contribution is 2.31. The molecule has 3 fully saturated rings. The number of hydrogen-bond acceptors (Lipinski definition) is 2. The molecule has 0 spiro atoms. The molecule has 4 heteroatoms. The molecule has 3 aliphatic rings. The number of nitrogens with zero attached hydrogens (tertiary/aromatic N) is 2. The van der Waals surface area contributed by atoms with E-state index in [1.54, 1.807) is 0 Å². The van der Waals surface area contributed by atoms with E-state index < -0.39 is 0 Å². The van der Waals surface area contributed by atoms with Crippen LogP contribution in [0.5, 0.6) is 0 Å². The second-order valence-corrected chi connectivity index (χ2v) is 6.61. The van der Waals surface area contributed by atoms with E-state index in [0.717, 1.165) is 38.6 Å². The van der Waals surface area contributed by atoms with Crippen molar-refractivity contribution in [2.24, 2.45) is 0 Å². The Hall–Kier alpha value is -1.06. The van der Waals surface area contributed by atoms with Crippen LogP contribution in [0.2, 0.25) is 0 Å². The molecule has 0 aromatic carbocycles. The van der Waals surface area contributed by atoms with Gasteiger partial charge in [0.1, 0.15) is 12.1 Å². The Morgan fingerprint density at radius 2 is 1.50 bits per heavy atom. The van der Waals surface area contributed by atoms with Crippen molar-refractivity contribution in [1.82, 2.24) is 9.80 Å². The SMILES string of the molecule is CC1C(=O)N2CCCCC2C(=O)N1C1CCCCCC1. The summed E-state index contributed by atoms with van der Waals surface area (Å²) in [4.78, 5) is 29.2. The van der Waals surface area contributed by atoms with E-state index in [1.165, 1.54) is 25.7 Å². The van der Waals surface area contributed by atoms with E-state index in [2.05, 4.69) is 0 Å². The molecule has 0 aromatic heterocycles. The van der Waals surface area contributed by atoms with Gasteiger partial charge in [0.2, 0.25) is 11.8 Å². The van der Waals surface area contributed by atoms with Crippen LogP contribution in [-0.4, -0.2) is 46.3 Å². The van der Waals surface area contributed by atoms with Gasteiger partial charge >= 0.3 is 0 Å². The maximum Gasteiger partial charge on any atom is 0.246 e. The topological polar surface area (TPSA) is 40.6 Å². The quantitative estimate of drug-likeness (QED) is 0.691. The minimum Gasteiger partial charge on any atom is -0.329 e. The van der Waals surface area contributed by atoms with Crippen molar-refractivity contribution in [3.8, 4) is 0 Å². The maximum atomic E-state index is 12.9. The van der Waals surface area contributed by atoms with Crippen molar-refractivity contribution in [2.45, 2.75) is 82.8 Å². The van der Waals surface area contributed by atoms with Crippen molar-refractivity contribution in [3.63, 3.8) is 0 Å². The first-order valence-corrected chi connectivity index (χ1v) is 8.33. The van der Waals surface area contributed by atoms with Gasteiger partial charge in [0.15, 0.2) is 0 Å². The summed E-state index contributed by atoms with van der Waals surface area (Å²) >= 11 is 0. The summed E-state index contributed by atoms with van der Waals surface area (Å²) in [5.41, 5.74) is 0. The van der Waals surface area contributed by atoms with E-state index in [4.69, 9.17) is 0 Å².